The van der Waals surface area contributed by atoms with Crippen molar-refractivity contribution in [3.05, 3.63) is 40.5 Å². The van der Waals surface area contributed by atoms with Crippen molar-refractivity contribution >= 4 is 29.0 Å². The van der Waals surface area contributed by atoms with Gasteiger partial charge in [-0.1, -0.05) is 26.8 Å². The molecule has 0 aliphatic carbocycles. The van der Waals surface area contributed by atoms with Gasteiger partial charge in [0.15, 0.2) is 0 Å². The highest BCUT2D eigenvalue weighted by Gasteiger charge is 2.46. The smallest absolute Gasteiger partial charge is 0.274 e. The number of thiazole rings is 1. The molecule has 7 heteroatoms. The SMILES string of the molecule is CC(C)(C)c1csc(CCNC(=O)C[C@]2(C)C(=O)N=C3C=CC=CN32)n1. The number of aromatic nitrogens is 1. The fraction of sp³-hybridized carbons (Fsp3) is 0.474. The summed E-state index contributed by atoms with van der Waals surface area (Å²) >= 11 is 1.62. The van der Waals surface area contributed by atoms with Crippen molar-refractivity contribution in [2.24, 2.45) is 4.99 Å². The minimum absolute atomic E-state index is 0.0313. The molecule has 1 aromatic rings. The van der Waals surface area contributed by atoms with Crippen LogP contribution in [0.4, 0.5) is 0 Å². The van der Waals surface area contributed by atoms with Crippen LogP contribution < -0.4 is 5.32 Å². The Hall–Kier alpha value is -2.28. The molecule has 0 unspecified atom stereocenters. The van der Waals surface area contributed by atoms with Crippen LogP contribution in [0, 0.1) is 0 Å². The predicted molar refractivity (Wildman–Crippen MR) is 103 cm³/mol. The Labute approximate surface area is 157 Å². The van der Waals surface area contributed by atoms with Crippen LogP contribution >= 0.6 is 11.3 Å². The number of amidine groups is 1. The van der Waals surface area contributed by atoms with Gasteiger partial charge in [-0.15, -0.1) is 11.3 Å². The topological polar surface area (TPSA) is 74.7 Å². The summed E-state index contributed by atoms with van der Waals surface area (Å²) in [5, 5.41) is 5.98. The maximum atomic E-state index is 12.4. The highest BCUT2D eigenvalue weighted by Crippen LogP contribution is 2.30. The van der Waals surface area contributed by atoms with Gasteiger partial charge in [0.25, 0.3) is 5.91 Å². The third-order valence-corrected chi connectivity index (χ3v) is 5.44. The molecule has 3 heterocycles. The summed E-state index contributed by atoms with van der Waals surface area (Å²) in [6.45, 7) is 8.66. The van der Waals surface area contributed by atoms with Gasteiger partial charge >= 0.3 is 0 Å². The highest BCUT2D eigenvalue weighted by molar-refractivity contribution is 7.09. The molecule has 0 fully saturated rings. The summed E-state index contributed by atoms with van der Waals surface area (Å²) in [6.07, 6.45) is 7.99. The Morgan fingerprint density at radius 2 is 2.12 bits per heavy atom. The number of rotatable bonds is 5. The van der Waals surface area contributed by atoms with Gasteiger partial charge < -0.3 is 10.2 Å². The first kappa shape index (κ1) is 18.5. The van der Waals surface area contributed by atoms with Crippen LogP contribution in [0.1, 0.15) is 44.8 Å². The van der Waals surface area contributed by atoms with E-state index in [0.29, 0.717) is 18.8 Å². The summed E-state index contributed by atoms with van der Waals surface area (Å²) in [6, 6.07) is 0. The summed E-state index contributed by atoms with van der Waals surface area (Å²) in [4.78, 5) is 35.1. The fourth-order valence-corrected chi connectivity index (χ4v) is 3.91. The van der Waals surface area contributed by atoms with E-state index in [0.717, 1.165) is 10.7 Å². The Balaban J connectivity index is 1.53. The van der Waals surface area contributed by atoms with Gasteiger partial charge in [0.05, 0.1) is 17.1 Å². The third kappa shape index (κ3) is 3.62. The highest BCUT2D eigenvalue weighted by atomic mass is 32.1. The lowest BCUT2D eigenvalue weighted by molar-refractivity contribution is -0.131. The van der Waals surface area contributed by atoms with Crippen molar-refractivity contribution in [3.8, 4) is 0 Å². The van der Waals surface area contributed by atoms with Crippen LogP contribution in [-0.2, 0) is 21.4 Å². The standard InChI is InChI=1S/C19H24N4O2S/c1-18(2,3)13-12-26-16(21-13)8-9-20-15(24)11-19(4)17(25)22-14-7-5-6-10-23(14)19/h5-7,10,12H,8-9,11H2,1-4H3,(H,20,24)/t19-/m1/s1. The molecular weight excluding hydrogens is 348 g/mol. The predicted octanol–water partition coefficient (Wildman–Crippen LogP) is 2.57. The molecule has 0 spiro atoms. The Bertz CT molecular complexity index is 816. The van der Waals surface area contributed by atoms with Crippen LogP contribution in [0.2, 0.25) is 0 Å². The van der Waals surface area contributed by atoms with Crippen LogP contribution in [0.15, 0.2) is 34.8 Å². The average molecular weight is 372 g/mol. The summed E-state index contributed by atoms with van der Waals surface area (Å²) in [5.74, 6) is 0.145. The lowest BCUT2D eigenvalue weighted by atomic mass is 9.93. The van der Waals surface area contributed by atoms with Gasteiger partial charge in [0.2, 0.25) is 5.91 Å². The maximum Gasteiger partial charge on any atom is 0.274 e. The second-order valence-electron chi connectivity index (χ2n) is 7.77. The maximum absolute atomic E-state index is 12.4. The minimum atomic E-state index is -0.957. The molecule has 1 aromatic heterocycles. The number of hydrogen-bond donors (Lipinski definition) is 1. The molecule has 0 bridgehead atoms. The second-order valence-corrected chi connectivity index (χ2v) is 8.72. The number of nitrogens with one attached hydrogen (secondary N) is 1. The lowest BCUT2D eigenvalue weighted by Crippen LogP contribution is -2.49. The normalized spacial score (nSPS) is 21.8. The first-order chi connectivity index (χ1) is 12.2. The van der Waals surface area contributed by atoms with E-state index in [4.69, 9.17) is 0 Å². The largest absolute Gasteiger partial charge is 0.356 e. The van der Waals surface area contributed by atoms with Gasteiger partial charge in [-0.2, -0.15) is 4.99 Å². The molecule has 1 N–H and O–H groups in total. The zero-order valence-corrected chi connectivity index (χ0v) is 16.4. The van der Waals surface area contributed by atoms with Crippen molar-refractivity contribution < 1.29 is 9.59 Å². The van der Waals surface area contributed by atoms with E-state index in [1.54, 1.807) is 35.4 Å². The first-order valence-corrected chi connectivity index (χ1v) is 9.57. The van der Waals surface area contributed by atoms with Gasteiger partial charge in [-0.05, 0) is 19.1 Å². The number of carbonyl (C=O) groups excluding carboxylic acids is 2. The van der Waals surface area contributed by atoms with Crippen molar-refractivity contribution in [2.45, 2.75) is 51.5 Å². The van der Waals surface area contributed by atoms with E-state index in [1.165, 1.54) is 0 Å². The molecule has 0 aromatic carbocycles. The number of allylic oxidation sites excluding steroid dienone is 2. The number of hydrogen-bond acceptors (Lipinski definition) is 5. The molecule has 2 amide bonds. The fourth-order valence-electron chi connectivity index (χ4n) is 2.88. The third-order valence-electron chi connectivity index (χ3n) is 4.53. The van der Waals surface area contributed by atoms with Crippen molar-refractivity contribution in [3.63, 3.8) is 0 Å². The zero-order chi connectivity index (χ0) is 18.9. The van der Waals surface area contributed by atoms with E-state index >= 15 is 0 Å². The molecule has 0 radical (unpaired) electrons. The summed E-state index contributed by atoms with van der Waals surface area (Å²) in [5.41, 5.74) is 0.146. The number of amides is 2. The molecule has 26 heavy (non-hydrogen) atoms. The first-order valence-electron chi connectivity index (χ1n) is 8.69. The van der Waals surface area contributed by atoms with E-state index in [9.17, 15) is 9.59 Å². The average Bonchev–Trinajstić information content (AvgIpc) is 3.12. The number of nitrogens with zero attached hydrogens (tertiary/aromatic N) is 3. The molecule has 1 atom stereocenters. The van der Waals surface area contributed by atoms with Gasteiger partial charge in [0, 0.05) is 30.0 Å². The Morgan fingerprint density at radius 1 is 1.35 bits per heavy atom. The van der Waals surface area contributed by atoms with Crippen LogP contribution in [-0.4, -0.2) is 39.6 Å². The van der Waals surface area contributed by atoms with Crippen molar-refractivity contribution in [2.75, 3.05) is 6.54 Å². The van der Waals surface area contributed by atoms with Crippen molar-refractivity contribution in [1.29, 1.82) is 0 Å². The molecule has 3 rings (SSSR count). The Kier molecular flexibility index (Phi) is 4.84. The van der Waals surface area contributed by atoms with Crippen LogP contribution in [0.25, 0.3) is 0 Å². The quantitative estimate of drug-likeness (QED) is 0.862. The molecule has 2 aliphatic heterocycles. The van der Waals surface area contributed by atoms with Crippen LogP contribution in [0.3, 0.4) is 0 Å². The lowest BCUT2D eigenvalue weighted by Gasteiger charge is -2.32. The van der Waals surface area contributed by atoms with E-state index in [2.05, 4.69) is 41.4 Å². The van der Waals surface area contributed by atoms with E-state index < -0.39 is 5.54 Å². The minimum Gasteiger partial charge on any atom is -0.356 e. The molecular formula is C19H24N4O2S. The molecule has 0 saturated carbocycles. The molecule has 6 nitrogen and oxygen atoms in total. The van der Waals surface area contributed by atoms with Gasteiger partial charge in [-0.25, -0.2) is 4.98 Å². The van der Waals surface area contributed by atoms with Crippen molar-refractivity contribution in [1.82, 2.24) is 15.2 Å². The molecule has 2 aliphatic rings. The summed E-state index contributed by atoms with van der Waals surface area (Å²) in [7, 11) is 0. The summed E-state index contributed by atoms with van der Waals surface area (Å²) < 4.78 is 0. The van der Waals surface area contributed by atoms with Gasteiger partial charge in [0.1, 0.15) is 11.4 Å². The molecule has 138 valence electrons. The van der Waals surface area contributed by atoms with E-state index in [1.807, 2.05) is 12.2 Å². The van der Waals surface area contributed by atoms with E-state index in [-0.39, 0.29) is 23.7 Å². The number of carbonyl (C=O) groups is 2. The molecule has 0 saturated heterocycles. The number of fused-ring (bicyclic) bond motifs is 1. The van der Waals surface area contributed by atoms with Crippen LogP contribution in [0.5, 0.6) is 0 Å². The Morgan fingerprint density at radius 3 is 2.81 bits per heavy atom. The number of aliphatic imine (C=N–C) groups is 1. The monoisotopic (exact) mass is 372 g/mol. The second kappa shape index (κ2) is 6.79. The zero-order valence-electron chi connectivity index (χ0n) is 15.6. The van der Waals surface area contributed by atoms with Gasteiger partial charge in [-0.3, -0.25) is 9.59 Å².